The number of aliphatic imine (C=N–C) groups is 1. The molecule has 0 aliphatic carbocycles. The van der Waals surface area contributed by atoms with E-state index in [4.69, 9.17) is 4.74 Å². The monoisotopic (exact) mass is 514 g/mol. The summed E-state index contributed by atoms with van der Waals surface area (Å²) in [7, 11) is 0. The minimum absolute atomic E-state index is 0. The number of nitrogens with zero attached hydrogens (tertiary/aromatic N) is 2. The predicted molar refractivity (Wildman–Crippen MR) is 117 cm³/mol. The van der Waals surface area contributed by atoms with Crippen molar-refractivity contribution in [1.29, 1.82) is 0 Å². The fourth-order valence-electron chi connectivity index (χ4n) is 2.96. The van der Waals surface area contributed by atoms with Gasteiger partial charge in [0.2, 0.25) is 0 Å². The Morgan fingerprint density at radius 2 is 1.86 bits per heavy atom. The number of hydrogen-bond acceptors (Lipinski definition) is 3. The lowest BCUT2D eigenvalue weighted by Gasteiger charge is -2.26. The first kappa shape index (κ1) is 24.8. The number of para-hydroxylation sites is 1. The molecule has 0 radical (unpaired) electrons. The molecule has 5 nitrogen and oxygen atoms in total. The Hall–Kier alpha value is -1.23. The highest BCUT2D eigenvalue weighted by Gasteiger charge is 2.28. The van der Waals surface area contributed by atoms with Crippen LogP contribution in [0.1, 0.15) is 31.7 Å². The summed E-state index contributed by atoms with van der Waals surface area (Å²) in [5, 5.41) is 6.46. The second kappa shape index (κ2) is 13.1. The van der Waals surface area contributed by atoms with Gasteiger partial charge >= 0.3 is 6.18 Å². The van der Waals surface area contributed by atoms with E-state index in [1.807, 2.05) is 6.92 Å². The van der Waals surface area contributed by atoms with Crippen LogP contribution in [0.3, 0.4) is 0 Å². The molecule has 1 fully saturated rings. The normalized spacial score (nSPS) is 15.6. The lowest BCUT2D eigenvalue weighted by Crippen LogP contribution is -2.42. The molecule has 1 aliphatic rings. The molecule has 28 heavy (non-hydrogen) atoms. The molecule has 1 aromatic carbocycles. The molecular formula is C19H30F3IN4O. The first-order chi connectivity index (χ1) is 13.0. The Balaban J connectivity index is 0.00000392. The summed E-state index contributed by atoms with van der Waals surface area (Å²) in [6, 6.07) is 6.68. The van der Waals surface area contributed by atoms with Crippen molar-refractivity contribution in [1.82, 2.24) is 15.5 Å². The molecular weight excluding hydrogens is 484 g/mol. The van der Waals surface area contributed by atoms with Gasteiger partial charge in [-0.05, 0) is 38.9 Å². The van der Waals surface area contributed by atoms with Crippen molar-refractivity contribution in [2.45, 2.75) is 38.9 Å². The number of hydrogen-bond donors (Lipinski definition) is 2. The number of alkyl halides is 3. The zero-order chi connectivity index (χ0) is 19.5. The molecule has 0 atom stereocenters. The molecule has 0 bridgehead atoms. The number of piperidine rings is 1. The number of likely N-dealkylation sites (tertiary alicyclic amines) is 1. The Morgan fingerprint density at radius 3 is 2.54 bits per heavy atom. The van der Waals surface area contributed by atoms with E-state index in [1.165, 1.54) is 25.3 Å². The van der Waals surface area contributed by atoms with Gasteiger partial charge in [-0.3, -0.25) is 0 Å². The van der Waals surface area contributed by atoms with Crippen molar-refractivity contribution in [3.05, 3.63) is 29.8 Å². The van der Waals surface area contributed by atoms with Crippen LogP contribution in [0.25, 0.3) is 0 Å². The van der Waals surface area contributed by atoms with Crippen molar-refractivity contribution in [2.24, 2.45) is 4.99 Å². The van der Waals surface area contributed by atoms with Gasteiger partial charge in [-0.15, -0.1) is 24.0 Å². The van der Waals surface area contributed by atoms with E-state index < -0.39 is 12.8 Å². The van der Waals surface area contributed by atoms with E-state index in [1.54, 1.807) is 18.2 Å². The average molecular weight is 514 g/mol. The highest BCUT2D eigenvalue weighted by atomic mass is 127. The minimum atomic E-state index is -4.36. The maximum atomic E-state index is 12.4. The van der Waals surface area contributed by atoms with Gasteiger partial charge in [0.05, 0.1) is 6.54 Å². The van der Waals surface area contributed by atoms with E-state index in [9.17, 15) is 13.2 Å². The number of rotatable bonds is 8. The SMILES string of the molecule is CCNC(=NCc1ccccc1OCC(F)(F)F)NCCN1CCCCC1.I. The Bertz CT molecular complexity index is 593. The zero-order valence-corrected chi connectivity index (χ0v) is 18.6. The first-order valence-corrected chi connectivity index (χ1v) is 9.50. The standard InChI is InChI=1S/C19H29F3N4O.HI/c1-2-23-18(24-10-13-26-11-6-3-7-12-26)25-14-16-8-4-5-9-17(16)27-15-19(20,21)22;/h4-5,8-9H,2-3,6-7,10-15H2,1H3,(H2,23,24,25);1H. The molecule has 0 saturated carbocycles. The van der Waals surface area contributed by atoms with Gasteiger partial charge in [-0.2, -0.15) is 13.2 Å². The molecule has 0 spiro atoms. The van der Waals surface area contributed by atoms with Crippen molar-refractivity contribution in [3.8, 4) is 5.75 Å². The summed E-state index contributed by atoms with van der Waals surface area (Å²) in [4.78, 5) is 6.92. The molecule has 1 saturated heterocycles. The molecule has 1 heterocycles. The third-order valence-corrected chi connectivity index (χ3v) is 4.28. The van der Waals surface area contributed by atoms with Gasteiger partial charge in [0.15, 0.2) is 12.6 Å². The van der Waals surface area contributed by atoms with Crippen molar-refractivity contribution in [3.63, 3.8) is 0 Å². The highest BCUT2D eigenvalue weighted by molar-refractivity contribution is 14.0. The lowest BCUT2D eigenvalue weighted by molar-refractivity contribution is -0.153. The summed E-state index contributed by atoms with van der Waals surface area (Å²) in [5.74, 6) is 0.864. The number of ether oxygens (including phenoxy) is 1. The van der Waals surface area contributed by atoms with Crippen LogP contribution in [0.5, 0.6) is 5.75 Å². The number of nitrogens with one attached hydrogen (secondary N) is 2. The largest absolute Gasteiger partial charge is 0.484 e. The second-order valence-corrected chi connectivity index (χ2v) is 6.54. The maximum absolute atomic E-state index is 12.4. The third-order valence-electron chi connectivity index (χ3n) is 4.28. The average Bonchev–Trinajstić information content (AvgIpc) is 2.65. The highest BCUT2D eigenvalue weighted by Crippen LogP contribution is 2.22. The van der Waals surface area contributed by atoms with Gasteiger partial charge < -0.3 is 20.3 Å². The van der Waals surface area contributed by atoms with Crippen molar-refractivity contribution >= 4 is 29.9 Å². The molecule has 0 unspecified atom stereocenters. The lowest BCUT2D eigenvalue weighted by atomic mass is 10.1. The fraction of sp³-hybridized carbons (Fsp3) is 0.632. The van der Waals surface area contributed by atoms with Crippen LogP contribution < -0.4 is 15.4 Å². The van der Waals surface area contributed by atoms with Crippen LogP contribution in [-0.4, -0.2) is 56.4 Å². The quantitative estimate of drug-likeness (QED) is 0.315. The molecule has 9 heteroatoms. The zero-order valence-electron chi connectivity index (χ0n) is 16.2. The van der Waals surface area contributed by atoms with Crippen LogP contribution in [0, 0.1) is 0 Å². The summed E-state index contributed by atoms with van der Waals surface area (Å²) >= 11 is 0. The minimum Gasteiger partial charge on any atom is -0.484 e. The topological polar surface area (TPSA) is 48.9 Å². The van der Waals surface area contributed by atoms with E-state index in [2.05, 4.69) is 20.5 Å². The number of halogens is 4. The summed E-state index contributed by atoms with van der Waals surface area (Å²) in [6.45, 7) is 5.63. The van der Waals surface area contributed by atoms with Gasteiger partial charge in [-0.1, -0.05) is 24.6 Å². The number of benzene rings is 1. The Labute approximate surface area is 182 Å². The van der Waals surface area contributed by atoms with Crippen LogP contribution in [0.15, 0.2) is 29.3 Å². The van der Waals surface area contributed by atoms with Crippen LogP contribution >= 0.6 is 24.0 Å². The third kappa shape index (κ3) is 9.81. The summed E-state index contributed by atoms with van der Waals surface area (Å²) in [5.41, 5.74) is 0.620. The van der Waals surface area contributed by atoms with Crippen molar-refractivity contribution < 1.29 is 17.9 Å². The fourth-order valence-corrected chi connectivity index (χ4v) is 2.96. The van der Waals surface area contributed by atoms with E-state index in [-0.39, 0.29) is 36.3 Å². The van der Waals surface area contributed by atoms with Gasteiger partial charge in [0, 0.05) is 25.2 Å². The summed E-state index contributed by atoms with van der Waals surface area (Å²) in [6.07, 6.45) is -0.545. The Morgan fingerprint density at radius 1 is 1.14 bits per heavy atom. The van der Waals surface area contributed by atoms with Gasteiger partial charge in [0.1, 0.15) is 5.75 Å². The molecule has 0 amide bonds. The van der Waals surface area contributed by atoms with Gasteiger partial charge in [0.25, 0.3) is 0 Å². The summed E-state index contributed by atoms with van der Waals surface area (Å²) < 4.78 is 42.1. The first-order valence-electron chi connectivity index (χ1n) is 9.50. The van der Waals surface area contributed by atoms with Crippen LogP contribution in [0.4, 0.5) is 13.2 Å². The van der Waals surface area contributed by atoms with E-state index >= 15 is 0 Å². The molecule has 1 aliphatic heterocycles. The number of guanidine groups is 1. The maximum Gasteiger partial charge on any atom is 0.422 e. The molecule has 1 aromatic rings. The van der Waals surface area contributed by atoms with Crippen LogP contribution in [-0.2, 0) is 6.54 Å². The predicted octanol–water partition coefficient (Wildman–Crippen LogP) is 3.79. The second-order valence-electron chi connectivity index (χ2n) is 6.54. The van der Waals surface area contributed by atoms with E-state index in [0.717, 1.165) is 26.2 Å². The van der Waals surface area contributed by atoms with Crippen molar-refractivity contribution in [2.75, 3.05) is 39.3 Å². The molecule has 160 valence electrons. The van der Waals surface area contributed by atoms with E-state index in [0.29, 0.717) is 18.1 Å². The molecule has 2 N–H and O–H groups in total. The molecule has 0 aromatic heterocycles. The van der Waals surface area contributed by atoms with Crippen LogP contribution in [0.2, 0.25) is 0 Å². The Kier molecular flexibility index (Phi) is 11.6. The van der Waals surface area contributed by atoms with Gasteiger partial charge in [-0.25, -0.2) is 4.99 Å². The smallest absolute Gasteiger partial charge is 0.422 e. The molecule has 2 rings (SSSR count).